The van der Waals surface area contributed by atoms with Crippen molar-refractivity contribution in [2.24, 2.45) is 5.73 Å². The lowest BCUT2D eigenvalue weighted by atomic mass is 10.2. The SMILES string of the molecule is CN(Cc1cc(C#CCN)cs1)C(=O)c1ccoc1Cl. The van der Waals surface area contributed by atoms with Gasteiger partial charge in [0, 0.05) is 22.9 Å². The molecule has 0 atom stereocenters. The number of carbonyl (C=O) groups excluding carboxylic acids is 1. The molecule has 0 unspecified atom stereocenters. The summed E-state index contributed by atoms with van der Waals surface area (Å²) < 4.78 is 4.92. The number of halogens is 1. The largest absolute Gasteiger partial charge is 0.452 e. The minimum absolute atomic E-state index is 0.113. The van der Waals surface area contributed by atoms with Gasteiger partial charge in [-0.05, 0) is 23.7 Å². The van der Waals surface area contributed by atoms with E-state index in [9.17, 15) is 4.79 Å². The Hall–Kier alpha value is -1.74. The molecule has 0 saturated carbocycles. The van der Waals surface area contributed by atoms with Crippen molar-refractivity contribution in [1.29, 1.82) is 0 Å². The average Bonchev–Trinajstić information content (AvgIpc) is 3.04. The van der Waals surface area contributed by atoms with Crippen molar-refractivity contribution < 1.29 is 9.21 Å². The fourth-order valence-electron chi connectivity index (χ4n) is 1.64. The second-order valence-electron chi connectivity index (χ2n) is 4.08. The van der Waals surface area contributed by atoms with Gasteiger partial charge in [-0.1, -0.05) is 11.8 Å². The molecule has 4 nitrogen and oxygen atoms in total. The van der Waals surface area contributed by atoms with Crippen LogP contribution in [0.15, 0.2) is 28.2 Å². The maximum Gasteiger partial charge on any atom is 0.258 e. The number of amides is 1. The fourth-order valence-corrected chi connectivity index (χ4v) is 2.70. The molecule has 2 N–H and O–H groups in total. The van der Waals surface area contributed by atoms with Gasteiger partial charge in [0.25, 0.3) is 5.91 Å². The van der Waals surface area contributed by atoms with Gasteiger partial charge < -0.3 is 15.1 Å². The molecular formula is C14H13ClN2O2S. The summed E-state index contributed by atoms with van der Waals surface area (Å²) in [5.41, 5.74) is 6.61. The van der Waals surface area contributed by atoms with Gasteiger partial charge in [-0.2, -0.15) is 0 Å². The van der Waals surface area contributed by atoms with E-state index < -0.39 is 0 Å². The summed E-state index contributed by atoms with van der Waals surface area (Å²) in [7, 11) is 1.72. The summed E-state index contributed by atoms with van der Waals surface area (Å²) >= 11 is 7.35. The maximum atomic E-state index is 12.2. The molecule has 104 valence electrons. The summed E-state index contributed by atoms with van der Waals surface area (Å²) in [6, 6.07) is 3.52. The lowest BCUT2D eigenvalue weighted by Gasteiger charge is -2.15. The number of thiophene rings is 1. The maximum absolute atomic E-state index is 12.2. The third kappa shape index (κ3) is 3.42. The fraction of sp³-hybridized carbons (Fsp3) is 0.214. The molecule has 0 aromatic carbocycles. The van der Waals surface area contributed by atoms with Crippen molar-refractivity contribution in [3.63, 3.8) is 0 Å². The third-order valence-corrected chi connectivity index (χ3v) is 3.79. The van der Waals surface area contributed by atoms with Crippen molar-refractivity contribution in [1.82, 2.24) is 4.90 Å². The molecule has 2 rings (SSSR count). The Morgan fingerprint density at radius 1 is 1.60 bits per heavy atom. The Balaban J connectivity index is 2.04. The predicted octanol–water partition coefficient (Wildman–Crippen LogP) is 2.58. The van der Waals surface area contributed by atoms with E-state index in [0.29, 0.717) is 18.7 Å². The van der Waals surface area contributed by atoms with E-state index >= 15 is 0 Å². The molecule has 20 heavy (non-hydrogen) atoms. The molecule has 0 bridgehead atoms. The molecule has 0 aliphatic rings. The average molecular weight is 309 g/mol. The summed E-state index contributed by atoms with van der Waals surface area (Å²) in [6.07, 6.45) is 1.40. The van der Waals surface area contributed by atoms with Crippen LogP contribution in [0.25, 0.3) is 0 Å². The molecule has 1 amide bonds. The number of furan rings is 1. The van der Waals surface area contributed by atoms with Crippen molar-refractivity contribution in [3.05, 3.63) is 45.0 Å². The highest BCUT2D eigenvalue weighted by atomic mass is 35.5. The van der Waals surface area contributed by atoms with Crippen molar-refractivity contribution in [2.45, 2.75) is 6.54 Å². The molecule has 6 heteroatoms. The van der Waals surface area contributed by atoms with Crippen molar-refractivity contribution in [3.8, 4) is 11.8 Å². The lowest BCUT2D eigenvalue weighted by molar-refractivity contribution is 0.0786. The molecule has 2 heterocycles. The van der Waals surface area contributed by atoms with E-state index in [0.717, 1.165) is 10.4 Å². The van der Waals surface area contributed by atoms with Gasteiger partial charge in [-0.3, -0.25) is 4.79 Å². The highest BCUT2D eigenvalue weighted by Gasteiger charge is 2.17. The van der Waals surface area contributed by atoms with Gasteiger partial charge in [0.1, 0.15) is 0 Å². The van der Waals surface area contributed by atoms with Gasteiger partial charge in [-0.25, -0.2) is 0 Å². The van der Waals surface area contributed by atoms with Crippen LogP contribution in [0.5, 0.6) is 0 Å². The van der Waals surface area contributed by atoms with Crippen LogP contribution < -0.4 is 5.73 Å². The Kier molecular flexibility index (Phi) is 4.85. The van der Waals surface area contributed by atoms with E-state index in [4.69, 9.17) is 21.8 Å². The zero-order chi connectivity index (χ0) is 14.5. The van der Waals surface area contributed by atoms with Crippen LogP contribution in [0.4, 0.5) is 0 Å². The van der Waals surface area contributed by atoms with E-state index in [1.54, 1.807) is 29.4 Å². The Bertz CT molecular complexity index is 666. The van der Waals surface area contributed by atoms with Gasteiger partial charge in [0.2, 0.25) is 5.22 Å². The van der Waals surface area contributed by atoms with Gasteiger partial charge in [-0.15, -0.1) is 11.3 Å². The van der Waals surface area contributed by atoms with Crippen molar-refractivity contribution in [2.75, 3.05) is 13.6 Å². The highest BCUT2D eigenvalue weighted by molar-refractivity contribution is 7.10. The molecule has 0 fully saturated rings. The van der Waals surface area contributed by atoms with Gasteiger partial charge >= 0.3 is 0 Å². The topological polar surface area (TPSA) is 59.5 Å². The first kappa shape index (κ1) is 14.7. The molecule has 0 aliphatic carbocycles. The van der Waals surface area contributed by atoms with Crippen LogP contribution >= 0.6 is 22.9 Å². The van der Waals surface area contributed by atoms with E-state index in [-0.39, 0.29) is 11.1 Å². The smallest absolute Gasteiger partial charge is 0.258 e. The monoisotopic (exact) mass is 308 g/mol. The van der Waals surface area contributed by atoms with Gasteiger partial charge in [0.15, 0.2) is 0 Å². The first-order valence-corrected chi connectivity index (χ1v) is 7.12. The zero-order valence-corrected chi connectivity index (χ0v) is 12.4. The lowest BCUT2D eigenvalue weighted by Crippen LogP contribution is -2.25. The summed E-state index contributed by atoms with van der Waals surface area (Å²) in [5.74, 6) is 5.58. The molecule has 2 aromatic heterocycles. The number of nitrogens with zero attached hydrogens (tertiary/aromatic N) is 1. The second kappa shape index (κ2) is 6.62. The van der Waals surface area contributed by atoms with Crippen LogP contribution in [0.2, 0.25) is 5.22 Å². The first-order valence-electron chi connectivity index (χ1n) is 5.86. The quantitative estimate of drug-likeness (QED) is 0.887. The normalized spacial score (nSPS) is 9.95. The summed E-state index contributed by atoms with van der Waals surface area (Å²) in [5, 5.41) is 2.06. The Morgan fingerprint density at radius 3 is 3.05 bits per heavy atom. The number of hydrogen-bond donors (Lipinski definition) is 1. The number of nitrogens with two attached hydrogens (primary N) is 1. The summed E-state index contributed by atoms with van der Waals surface area (Å²) in [6.45, 7) is 0.831. The van der Waals surface area contributed by atoms with E-state index in [1.165, 1.54) is 6.26 Å². The van der Waals surface area contributed by atoms with Crippen LogP contribution in [0, 0.1) is 11.8 Å². The minimum Gasteiger partial charge on any atom is -0.452 e. The van der Waals surface area contributed by atoms with Gasteiger partial charge in [0.05, 0.1) is 24.9 Å². The molecular weight excluding hydrogens is 296 g/mol. The Labute approximate surface area is 126 Å². The number of rotatable bonds is 3. The molecule has 0 aliphatic heterocycles. The van der Waals surface area contributed by atoms with Crippen LogP contribution in [0.1, 0.15) is 20.8 Å². The zero-order valence-electron chi connectivity index (χ0n) is 10.9. The number of carbonyl (C=O) groups is 1. The molecule has 2 aromatic rings. The first-order chi connectivity index (χ1) is 9.61. The predicted molar refractivity (Wildman–Crippen MR) is 79.8 cm³/mol. The van der Waals surface area contributed by atoms with Crippen LogP contribution in [-0.4, -0.2) is 24.4 Å². The third-order valence-electron chi connectivity index (χ3n) is 2.58. The Morgan fingerprint density at radius 2 is 2.40 bits per heavy atom. The van der Waals surface area contributed by atoms with Crippen LogP contribution in [0.3, 0.4) is 0 Å². The molecule has 0 spiro atoms. The number of hydrogen-bond acceptors (Lipinski definition) is 4. The minimum atomic E-state index is -0.174. The van der Waals surface area contributed by atoms with E-state index in [1.807, 2.05) is 11.4 Å². The highest BCUT2D eigenvalue weighted by Crippen LogP contribution is 2.21. The standard InChI is InChI=1S/C14H13ClN2O2S/c1-17(14(18)12-4-6-19-13(12)15)8-11-7-10(9-20-11)3-2-5-16/h4,6-7,9H,5,8,16H2,1H3. The van der Waals surface area contributed by atoms with Crippen LogP contribution in [-0.2, 0) is 6.54 Å². The van der Waals surface area contributed by atoms with E-state index in [2.05, 4.69) is 11.8 Å². The molecule has 0 saturated heterocycles. The second-order valence-corrected chi connectivity index (χ2v) is 5.42. The summed E-state index contributed by atoms with van der Waals surface area (Å²) in [4.78, 5) is 14.8. The van der Waals surface area contributed by atoms with Crippen molar-refractivity contribution >= 4 is 28.8 Å². The molecule has 0 radical (unpaired) electrons.